The molecule has 0 spiro atoms. The average Bonchev–Trinajstić information content (AvgIpc) is 3.10. The summed E-state index contributed by atoms with van der Waals surface area (Å²) in [5.41, 5.74) is 0.131. The van der Waals surface area contributed by atoms with Gasteiger partial charge in [-0.2, -0.15) is 0 Å². The molecule has 0 aliphatic heterocycles. The van der Waals surface area contributed by atoms with Gasteiger partial charge in [0.05, 0.1) is 0 Å². The van der Waals surface area contributed by atoms with E-state index in [9.17, 15) is 9.59 Å². The van der Waals surface area contributed by atoms with E-state index >= 15 is 0 Å². The van der Waals surface area contributed by atoms with Crippen LogP contribution < -0.4 is 10.7 Å². The average molecular weight is 245 g/mol. The first-order valence-corrected chi connectivity index (χ1v) is 5.69. The van der Waals surface area contributed by atoms with Crippen LogP contribution >= 0.6 is 0 Å². The summed E-state index contributed by atoms with van der Waals surface area (Å²) in [7, 11) is 0. The third-order valence-electron chi connectivity index (χ3n) is 2.81. The molecule has 6 heteroatoms. The highest BCUT2D eigenvalue weighted by Gasteiger charge is 2.28. The first-order chi connectivity index (χ1) is 8.74. The summed E-state index contributed by atoms with van der Waals surface area (Å²) in [4.78, 5) is 26.0. The topological polar surface area (TPSA) is 88.0 Å². The number of rotatable bonds is 3. The van der Waals surface area contributed by atoms with Crippen molar-refractivity contribution in [2.24, 2.45) is 0 Å². The minimum Gasteiger partial charge on any atom is -0.366 e. The maximum Gasteiger partial charge on any atom is 0.277 e. The van der Waals surface area contributed by atoms with E-state index in [1.807, 2.05) is 0 Å². The van der Waals surface area contributed by atoms with E-state index in [1.165, 1.54) is 18.5 Å². The molecule has 0 atom stereocenters. The molecule has 0 aromatic carbocycles. The normalized spacial score (nSPS) is 14.4. The molecule has 18 heavy (non-hydrogen) atoms. The van der Waals surface area contributed by atoms with E-state index < -0.39 is 5.91 Å². The van der Waals surface area contributed by atoms with Crippen molar-refractivity contribution in [1.29, 1.82) is 0 Å². The van der Waals surface area contributed by atoms with E-state index in [-0.39, 0.29) is 16.8 Å². The fraction of sp³-hybridized carbons (Fsp3) is 0.250. The maximum absolute atomic E-state index is 11.8. The van der Waals surface area contributed by atoms with Crippen molar-refractivity contribution >= 4 is 11.6 Å². The fourth-order valence-electron chi connectivity index (χ4n) is 1.66. The zero-order valence-electron chi connectivity index (χ0n) is 9.47. The molecule has 1 amide bonds. The van der Waals surface area contributed by atoms with Crippen molar-refractivity contribution in [3.05, 3.63) is 46.2 Å². The third-order valence-corrected chi connectivity index (χ3v) is 2.81. The number of H-pyrrole nitrogens is 1. The Bertz CT molecular complexity index is 640. The number of hydrogen-bond acceptors (Lipinski definition) is 4. The number of carbonyl (C=O) groups excluding carboxylic acids is 1. The molecule has 2 aromatic rings. The van der Waals surface area contributed by atoms with E-state index in [1.54, 1.807) is 6.07 Å². The molecule has 2 N–H and O–H groups in total. The van der Waals surface area contributed by atoms with Crippen LogP contribution in [0.4, 0.5) is 5.69 Å². The summed E-state index contributed by atoms with van der Waals surface area (Å²) in [6.45, 7) is 0. The molecule has 0 bridgehead atoms. The summed E-state index contributed by atoms with van der Waals surface area (Å²) in [6.07, 6.45) is 5.09. The Balaban J connectivity index is 1.78. The van der Waals surface area contributed by atoms with Crippen LogP contribution in [-0.2, 0) is 0 Å². The molecule has 3 rings (SSSR count). The molecule has 0 unspecified atom stereocenters. The Morgan fingerprint density at radius 3 is 3.06 bits per heavy atom. The highest BCUT2D eigenvalue weighted by molar-refractivity contribution is 6.02. The molecule has 1 fully saturated rings. The molecule has 1 aliphatic carbocycles. The molecule has 2 heterocycles. The van der Waals surface area contributed by atoms with Crippen LogP contribution in [0.5, 0.6) is 0 Å². The quantitative estimate of drug-likeness (QED) is 0.857. The number of amides is 1. The second-order valence-corrected chi connectivity index (χ2v) is 4.27. The Labute approximate surface area is 102 Å². The van der Waals surface area contributed by atoms with Crippen molar-refractivity contribution in [2.45, 2.75) is 18.8 Å². The number of anilines is 1. The fourth-order valence-corrected chi connectivity index (χ4v) is 1.66. The summed E-state index contributed by atoms with van der Waals surface area (Å²) < 4.78 is 5.08. The van der Waals surface area contributed by atoms with Gasteiger partial charge >= 0.3 is 0 Å². The lowest BCUT2D eigenvalue weighted by atomic mass is 10.2. The minimum atomic E-state index is -0.442. The number of aromatic amines is 1. The smallest absolute Gasteiger partial charge is 0.277 e. The predicted octanol–water partition coefficient (Wildman–Crippen LogP) is 1.49. The Kier molecular flexibility index (Phi) is 2.47. The van der Waals surface area contributed by atoms with Gasteiger partial charge in [0.15, 0.2) is 5.69 Å². The zero-order chi connectivity index (χ0) is 12.5. The molecule has 6 nitrogen and oxygen atoms in total. The monoisotopic (exact) mass is 245 g/mol. The lowest BCUT2D eigenvalue weighted by molar-refractivity contribution is 0.101. The standard InChI is InChI=1S/C12H11N3O3/c16-10-3-4-13-6-9(10)14-12(17)8-5-11(18-15-8)7-1-2-7/h3-7H,1-2H2,(H,13,16)(H,14,17). The minimum absolute atomic E-state index is 0.193. The van der Waals surface area contributed by atoms with E-state index in [0.717, 1.165) is 18.6 Å². The van der Waals surface area contributed by atoms with Gasteiger partial charge in [-0.15, -0.1) is 0 Å². The van der Waals surface area contributed by atoms with Crippen LogP contribution in [0, 0.1) is 0 Å². The largest absolute Gasteiger partial charge is 0.366 e. The number of hydrogen-bond donors (Lipinski definition) is 2. The highest BCUT2D eigenvalue weighted by atomic mass is 16.5. The molecule has 1 aliphatic rings. The molecule has 0 saturated heterocycles. The Morgan fingerprint density at radius 2 is 2.33 bits per heavy atom. The van der Waals surface area contributed by atoms with Gasteiger partial charge in [-0.1, -0.05) is 5.16 Å². The van der Waals surface area contributed by atoms with Crippen LogP contribution in [0.2, 0.25) is 0 Å². The maximum atomic E-state index is 11.8. The van der Waals surface area contributed by atoms with Gasteiger partial charge in [-0.05, 0) is 12.8 Å². The molecule has 0 radical (unpaired) electrons. The first kappa shape index (κ1) is 10.8. The number of nitrogens with one attached hydrogen (secondary N) is 2. The number of carbonyl (C=O) groups is 1. The van der Waals surface area contributed by atoms with E-state index in [4.69, 9.17) is 4.52 Å². The molecule has 1 saturated carbocycles. The SMILES string of the molecule is O=C(Nc1c[nH]ccc1=O)c1cc(C2CC2)on1. The zero-order valence-corrected chi connectivity index (χ0v) is 9.47. The van der Waals surface area contributed by atoms with Crippen LogP contribution in [0.25, 0.3) is 0 Å². The molecule has 2 aromatic heterocycles. The van der Waals surface area contributed by atoms with Crippen LogP contribution in [-0.4, -0.2) is 16.0 Å². The van der Waals surface area contributed by atoms with Gasteiger partial charge in [0.1, 0.15) is 11.4 Å². The van der Waals surface area contributed by atoms with Gasteiger partial charge in [-0.3, -0.25) is 9.59 Å². The first-order valence-electron chi connectivity index (χ1n) is 5.69. The van der Waals surface area contributed by atoms with Gasteiger partial charge < -0.3 is 14.8 Å². The van der Waals surface area contributed by atoms with Crippen LogP contribution in [0.1, 0.15) is 35.0 Å². The lowest BCUT2D eigenvalue weighted by Gasteiger charge is -1.99. The molecule has 92 valence electrons. The van der Waals surface area contributed by atoms with Crippen molar-refractivity contribution in [3.8, 4) is 0 Å². The van der Waals surface area contributed by atoms with Gasteiger partial charge in [0.2, 0.25) is 5.43 Å². The van der Waals surface area contributed by atoms with Gasteiger partial charge in [0, 0.05) is 30.4 Å². The number of aromatic nitrogens is 2. The Hall–Kier alpha value is -2.37. The van der Waals surface area contributed by atoms with Crippen molar-refractivity contribution < 1.29 is 9.32 Å². The van der Waals surface area contributed by atoms with Crippen molar-refractivity contribution in [3.63, 3.8) is 0 Å². The second-order valence-electron chi connectivity index (χ2n) is 4.27. The summed E-state index contributed by atoms with van der Waals surface area (Å²) >= 11 is 0. The summed E-state index contributed by atoms with van der Waals surface area (Å²) in [5, 5.41) is 6.20. The number of pyridine rings is 1. The molecular weight excluding hydrogens is 234 g/mol. The van der Waals surface area contributed by atoms with Gasteiger partial charge in [-0.25, -0.2) is 0 Å². The number of nitrogens with zero attached hydrogens (tertiary/aromatic N) is 1. The van der Waals surface area contributed by atoms with Crippen molar-refractivity contribution in [1.82, 2.24) is 10.1 Å². The summed E-state index contributed by atoms with van der Waals surface area (Å²) in [6, 6.07) is 2.97. The highest BCUT2D eigenvalue weighted by Crippen LogP contribution is 2.40. The summed E-state index contributed by atoms with van der Waals surface area (Å²) in [5.74, 6) is 0.698. The van der Waals surface area contributed by atoms with Crippen LogP contribution in [0.15, 0.2) is 33.8 Å². The third kappa shape index (κ3) is 2.04. The lowest BCUT2D eigenvalue weighted by Crippen LogP contribution is -2.18. The Morgan fingerprint density at radius 1 is 1.50 bits per heavy atom. The van der Waals surface area contributed by atoms with E-state index in [2.05, 4.69) is 15.5 Å². The second kappa shape index (κ2) is 4.14. The van der Waals surface area contributed by atoms with Crippen LogP contribution in [0.3, 0.4) is 0 Å². The van der Waals surface area contributed by atoms with E-state index in [0.29, 0.717) is 5.92 Å². The predicted molar refractivity (Wildman–Crippen MR) is 63.5 cm³/mol. The van der Waals surface area contributed by atoms with Crippen molar-refractivity contribution in [2.75, 3.05) is 5.32 Å². The molecular formula is C12H11N3O3. The van der Waals surface area contributed by atoms with Gasteiger partial charge in [0.25, 0.3) is 5.91 Å².